The van der Waals surface area contributed by atoms with E-state index in [9.17, 15) is 4.79 Å². The number of nitrogens with one attached hydrogen (secondary N) is 1. The number of hydrogen-bond acceptors (Lipinski definition) is 4. The Bertz CT molecular complexity index is 652. The van der Waals surface area contributed by atoms with Crippen molar-refractivity contribution in [3.05, 3.63) is 39.9 Å². The van der Waals surface area contributed by atoms with E-state index in [1.165, 1.54) is 0 Å². The highest BCUT2D eigenvalue weighted by molar-refractivity contribution is 7.15. The molecule has 1 aromatic heterocycles. The Morgan fingerprint density at radius 1 is 1.36 bits per heavy atom. The molecule has 0 aliphatic heterocycles. The summed E-state index contributed by atoms with van der Waals surface area (Å²) >= 11 is 7.50. The summed E-state index contributed by atoms with van der Waals surface area (Å²) < 4.78 is 0. The first-order valence-corrected chi connectivity index (χ1v) is 8.34. The summed E-state index contributed by atoms with van der Waals surface area (Å²) in [4.78, 5) is 17.5. The first-order chi connectivity index (χ1) is 10.4. The van der Waals surface area contributed by atoms with Gasteiger partial charge in [-0.05, 0) is 32.9 Å². The molecule has 0 bridgehead atoms. The van der Waals surface area contributed by atoms with Crippen LogP contribution in [0.5, 0.6) is 0 Å². The number of carbonyl (C=O) groups excluding carboxylic acids is 1. The lowest BCUT2D eigenvalue weighted by Crippen LogP contribution is -2.31. The van der Waals surface area contributed by atoms with Crippen LogP contribution in [0, 0.1) is 6.92 Å². The van der Waals surface area contributed by atoms with Crippen molar-refractivity contribution >= 4 is 28.8 Å². The van der Waals surface area contributed by atoms with Crippen LogP contribution >= 0.6 is 22.9 Å². The van der Waals surface area contributed by atoms with E-state index in [1.807, 2.05) is 45.0 Å². The van der Waals surface area contributed by atoms with Crippen LogP contribution in [0.1, 0.15) is 36.9 Å². The molecule has 0 aliphatic carbocycles. The van der Waals surface area contributed by atoms with Gasteiger partial charge in [-0.3, -0.25) is 4.79 Å². The fourth-order valence-corrected chi connectivity index (χ4v) is 3.38. The zero-order valence-electron chi connectivity index (χ0n) is 12.9. The minimum Gasteiger partial charge on any atom is -0.349 e. The molecular formula is C16H20ClN3OS. The Morgan fingerprint density at radius 3 is 2.59 bits per heavy atom. The summed E-state index contributed by atoms with van der Waals surface area (Å²) in [7, 11) is 0. The van der Waals surface area contributed by atoms with E-state index in [2.05, 4.69) is 10.3 Å². The average Bonchev–Trinajstić information content (AvgIpc) is 2.80. The molecule has 0 saturated heterocycles. The van der Waals surface area contributed by atoms with Crippen LogP contribution in [0.15, 0.2) is 24.3 Å². The minimum absolute atomic E-state index is 0.0386. The first kappa shape index (κ1) is 16.9. The van der Waals surface area contributed by atoms with Gasteiger partial charge in [0.15, 0.2) is 0 Å². The Balaban J connectivity index is 2.15. The van der Waals surface area contributed by atoms with Gasteiger partial charge in [0.1, 0.15) is 5.01 Å². The maximum Gasteiger partial charge on any atom is 0.222 e. The van der Waals surface area contributed by atoms with E-state index in [0.29, 0.717) is 11.4 Å². The smallest absolute Gasteiger partial charge is 0.222 e. The van der Waals surface area contributed by atoms with Crippen LogP contribution < -0.4 is 11.1 Å². The Kier molecular flexibility index (Phi) is 5.56. The number of thiazole rings is 1. The van der Waals surface area contributed by atoms with Gasteiger partial charge >= 0.3 is 0 Å². The van der Waals surface area contributed by atoms with Crippen molar-refractivity contribution in [1.82, 2.24) is 10.3 Å². The third-order valence-electron chi connectivity index (χ3n) is 3.20. The normalized spacial score (nSPS) is 13.7. The second-order valence-corrected chi connectivity index (χ2v) is 6.91. The largest absolute Gasteiger partial charge is 0.349 e. The molecule has 1 amide bonds. The molecule has 0 spiro atoms. The van der Waals surface area contributed by atoms with E-state index in [1.54, 1.807) is 11.3 Å². The van der Waals surface area contributed by atoms with Crippen molar-refractivity contribution in [3.8, 4) is 10.6 Å². The number of nitrogens with two attached hydrogens (primary N) is 1. The predicted molar refractivity (Wildman–Crippen MR) is 92.1 cm³/mol. The molecule has 0 fully saturated rings. The number of amides is 1. The number of hydrogen-bond donors (Lipinski definition) is 2. The molecule has 3 N–H and O–H groups in total. The maximum atomic E-state index is 11.8. The Morgan fingerprint density at radius 2 is 2.00 bits per heavy atom. The summed E-state index contributed by atoms with van der Waals surface area (Å²) in [6.45, 7) is 5.74. The van der Waals surface area contributed by atoms with Crippen LogP contribution in [0.3, 0.4) is 0 Å². The van der Waals surface area contributed by atoms with Gasteiger partial charge in [0, 0.05) is 23.0 Å². The van der Waals surface area contributed by atoms with Crippen molar-refractivity contribution in [2.75, 3.05) is 0 Å². The molecular weight excluding hydrogens is 318 g/mol. The van der Waals surface area contributed by atoms with Crippen LogP contribution in [0.4, 0.5) is 0 Å². The average molecular weight is 338 g/mol. The van der Waals surface area contributed by atoms with Crippen LogP contribution in [-0.2, 0) is 4.79 Å². The van der Waals surface area contributed by atoms with Crippen molar-refractivity contribution in [3.63, 3.8) is 0 Å². The van der Waals surface area contributed by atoms with E-state index in [4.69, 9.17) is 17.3 Å². The second-order valence-electron chi connectivity index (χ2n) is 5.45. The topological polar surface area (TPSA) is 68.0 Å². The molecule has 4 nitrogen and oxygen atoms in total. The van der Waals surface area contributed by atoms with Crippen LogP contribution in [-0.4, -0.2) is 16.9 Å². The second kappa shape index (κ2) is 7.22. The van der Waals surface area contributed by atoms with Gasteiger partial charge in [-0.25, -0.2) is 4.98 Å². The Labute approximate surface area is 139 Å². The molecule has 0 aliphatic rings. The minimum atomic E-state index is -0.139. The molecule has 1 heterocycles. The highest BCUT2D eigenvalue weighted by Crippen LogP contribution is 2.32. The lowest BCUT2D eigenvalue weighted by atomic mass is 10.2. The van der Waals surface area contributed by atoms with Gasteiger partial charge in [-0.15, -0.1) is 11.3 Å². The van der Waals surface area contributed by atoms with Gasteiger partial charge in [0.25, 0.3) is 0 Å². The summed E-state index contributed by atoms with van der Waals surface area (Å²) in [5.74, 6) is -0.0386. The quantitative estimate of drug-likeness (QED) is 0.874. The zero-order chi connectivity index (χ0) is 16.3. The molecule has 2 atom stereocenters. The molecule has 22 heavy (non-hydrogen) atoms. The molecule has 118 valence electrons. The summed E-state index contributed by atoms with van der Waals surface area (Å²) in [5, 5.41) is 4.60. The zero-order valence-corrected chi connectivity index (χ0v) is 14.5. The summed E-state index contributed by atoms with van der Waals surface area (Å²) in [6.07, 6.45) is 0.326. The molecule has 2 rings (SSSR count). The number of nitrogens with zero attached hydrogens (tertiary/aromatic N) is 1. The highest BCUT2D eigenvalue weighted by Gasteiger charge is 2.17. The van der Waals surface area contributed by atoms with Gasteiger partial charge < -0.3 is 11.1 Å². The van der Waals surface area contributed by atoms with E-state index in [-0.39, 0.29) is 18.0 Å². The Hall–Kier alpha value is -1.43. The maximum absolute atomic E-state index is 11.8. The number of rotatable bonds is 5. The molecule has 0 saturated carbocycles. The molecule has 2 unspecified atom stereocenters. The fourth-order valence-electron chi connectivity index (χ4n) is 2.18. The number of aryl methyl sites for hydroxylation is 1. The summed E-state index contributed by atoms with van der Waals surface area (Å²) in [5.41, 5.74) is 7.61. The standard InChI is InChI=1S/C16H20ClN3OS/c1-9(18)8-14(21)19-10(2)15-11(3)20-16(22-15)12-4-6-13(17)7-5-12/h4-7,9-10H,8,18H2,1-3H3,(H,19,21). The number of benzene rings is 1. The van der Waals surface area contributed by atoms with Gasteiger partial charge in [0.05, 0.1) is 16.6 Å². The first-order valence-electron chi connectivity index (χ1n) is 7.15. The van der Waals surface area contributed by atoms with Crippen molar-refractivity contribution in [2.24, 2.45) is 5.73 Å². The molecule has 1 aromatic carbocycles. The van der Waals surface area contributed by atoms with E-state index in [0.717, 1.165) is 21.1 Å². The number of carbonyl (C=O) groups is 1. The van der Waals surface area contributed by atoms with E-state index >= 15 is 0 Å². The molecule has 0 radical (unpaired) electrons. The third kappa shape index (κ3) is 4.29. The van der Waals surface area contributed by atoms with Gasteiger partial charge in [-0.1, -0.05) is 23.7 Å². The summed E-state index contributed by atoms with van der Waals surface area (Å²) in [6, 6.07) is 7.37. The monoisotopic (exact) mass is 337 g/mol. The number of aromatic nitrogens is 1. The fraction of sp³-hybridized carbons (Fsp3) is 0.375. The van der Waals surface area contributed by atoms with Crippen LogP contribution in [0.25, 0.3) is 10.6 Å². The third-order valence-corrected chi connectivity index (χ3v) is 4.84. The SMILES string of the molecule is Cc1nc(-c2ccc(Cl)cc2)sc1C(C)NC(=O)CC(C)N. The lowest BCUT2D eigenvalue weighted by Gasteiger charge is -2.13. The molecule has 6 heteroatoms. The highest BCUT2D eigenvalue weighted by atomic mass is 35.5. The lowest BCUT2D eigenvalue weighted by molar-refractivity contribution is -0.121. The van der Waals surface area contributed by atoms with Gasteiger partial charge in [-0.2, -0.15) is 0 Å². The van der Waals surface area contributed by atoms with Crippen LogP contribution in [0.2, 0.25) is 5.02 Å². The van der Waals surface area contributed by atoms with Crippen molar-refractivity contribution in [1.29, 1.82) is 0 Å². The predicted octanol–water partition coefficient (Wildman–Crippen LogP) is 3.69. The van der Waals surface area contributed by atoms with E-state index < -0.39 is 0 Å². The van der Waals surface area contributed by atoms with Gasteiger partial charge in [0.2, 0.25) is 5.91 Å². The van der Waals surface area contributed by atoms with Crippen molar-refractivity contribution in [2.45, 2.75) is 39.3 Å². The van der Waals surface area contributed by atoms with Crippen molar-refractivity contribution < 1.29 is 4.79 Å². The molecule has 2 aromatic rings. The number of halogens is 1.